The van der Waals surface area contributed by atoms with Gasteiger partial charge in [0.15, 0.2) is 0 Å². The number of halogens is 1. The zero-order chi connectivity index (χ0) is 8.10. The Morgan fingerprint density at radius 3 is 3.09 bits per heavy atom. The predicted molar refractivity (Wildman–Crippen MR) is 49.1 cm³/mol. The summed E-state index contributed by atoms with van der Waals surface area (Å²) < 4.78 is 0.898. The Hall–Kier alpha value is -0.810. The molecule has 11 heavy (non-hydrogen) atoms. The van der Waals surface area contributed by atoms with Gasteiger partial charge >= 0.3 is 0 Å². The minimum atomic E-state index is 0.768. The fraction of sp³-hybridized carbons (Fsp3) is 0.222. The van der Waals surface area contributed by atoms with Crippen LogP contribution in [0.15, 0.2) is 22.9 Å². The van der Waals surface area contributed by atoms with Crippen LogP contribution in [0.3, 0.4) is 0 Å². The maximum absolute atomic E-state index is 5.14. The molecule has 1 rings (SSSR count). The Morgan fingerprint density at radius 2 is 2.45 bits per heavy atom. The Bertz CT molecular complexity index is 275. The van der Waals surface area contributed by atoms with E-state index >= 15 is 0 Å². The van der Waals surface area contributed by atoms with Crippen LogP contribution in [-0.4, -0.2) is 4.98 Å². The number of nitrogens with zero attached hydrogens (tertiary/aromatic N) is 1. The number of hydrogen-bond donors (Lipinski definition) is 0. The topological polar surface area (TPSA) is 12.9 Å². The molecule has 2 heteroatoms. The second kappa shape index (κ2) is 4.15. The molecule has 0 spiro atoms. The zero-order valence-electron chi connectivity index (χ0n) is 6.05. The molecule has 0 aliphatic heterocycles. The summed E-state index contributed by atoms with van der Waals surface area (Å²) in [5, 5.41) is 0. The van der Waals surface area contributed by atoms with Gasteiger partial charge < -0.3 is 0 Å². The van der Waals surface area contributed by atoms with E-state index in [1.807, 2.05) is 12.1 Å². The van der Waals surface area contributed by atoms with E-state index in [0.29, 0.717) is 0 Å². The van der Waals surface area contributed by atoms with Gasteiger partial charge in [0.05, 0.1) is 0 Å². The van der Waals surface area contributed by atoms with E-state index in [1.54, 1.807) is 6.20 Å². The summed E-state index contributed by atoms with van der Waals surface area (Å²) >= 11 is 3.35. The molecule has 0 N–H and O–H groups in total. The van der Waals surface area contributed by atoms with Gasteiger partial charge in [0.2, 0.25) is 0 Å². The van der Waals surface area contributed by atoms with Crippen molar-refractivity contribution in [3.63, 3.8) is 0 Å². The molecular weight excluding hydrogens is 202 g/mol. The van der Waals surface area contributed by atoms with Crippen LogP contribution in [0.1, 0.15) is 12.0 Å². The van der Waals surface area contributed by atoms with Crippen molar-refractivity contribution in [1.29, 1.82) is 0 Å². The highest BCUT2D eigenvalue weighted by Crippen LogP contribution is 2.13. The molecule has 0 amide bonds. The number of rotatable bonds is 2. The molecule has 0 fully saturated rings. The molecule has 0 saturated heterocycles. The SMILES string of the molecule is C#CCCc1cccnc1Br. The van der Waals surface area contributed by atoms with Crippen molar-refractivity contribution in [1.82, 2.24) is 4.98 Å². The first kappa shape index (κ1) is 8.29. The Kier molecular flexibility index (Phi) is 3.13. The summed E-state index contributed by atoms with van der Waals surface area (Å²) in [5.74, 6) is 2.59. The van der Waals surface area contributed by atoms with Gasteiger partial charge in [0.1, 0.15) is 4.60 Å². The normalized spacial score (nSPS) is 9.09. The van der Waals surface area contributed by atoms with Crippen LogP contribution in [-0.2, 0) is 6.42 Å². The summed E-state index contributed by atoms with van der Waals surface area (Å²) in [7, 11) is 0. The molecule has 0 aliphatic carbocycles. The van der Waals surface area contributed by atoms with Crippen molar-refractivity contribution < 1.29 is 0 Å². The van der Waals surface area contributed by atoms with Crippen LogP contribution in [0.2, 0.25) is 0 Å². The van der Waals surface area contributed by atoms with Gasteiger partial charge in [-0.05, 0) is 34.0 Å². The second-order valence-electron chi connectivity index (χ2n) is 2.16. The third-order valence-electron chi connectivity index (χ3n) is 1.38. The smallest absolute Gasteiger partial charge is 0.109 e. The minimum Gasteiger partial charge on any atom is -0.249 e. The fourth-order valence-corrected chi connectivity index (χ4v) is 1.26. The number of hydrogen-bond acceptors (Lipinski definition) is 1. The maximum Gasteiger partial charge on any atom is 0.109 e. The highest BCUT2D eigenvalue weighted by atomic mass is 79.9. The molecule has 0 saturated carbocycles. The molecule has 0 unspecified atom stereocenters. The minimum absolute atomic E-state index is 0.768. The van der Waals surface area contributed by atoms with Gasteiger partial charge in [-0.15, -0.1) is 12.3 Å². The highest BCUT2D eigenvalue weighted by Gasteiger charge is 1.96. The van der Waals surface area contributed by atoms with Gasteiger partial charge in [0.25, 0.3) is 0 Å². The average molecular weight is 210 g/mol. The Labute approximate surface area is 75.0 Å². The molecule has 0 radical (unpaired) electrons. The lowest BCUT2D eigenvalue weighted by Gasteiger charge is -1.98. The van der Waals surface area contributed by atoms with E-state index in [0.717, 1.165) is 17.4 Å². The number of aryl methyl sites for hydroxylation is 1. The average Bonchev–Trinajstić information content (AvgIpc) is 2.03. The molecule has 0 atom stereocenters. The number of terminal acetylenes is 1. The van der Waals surface area contributed by atoms with Crippen molar-refractivity contribution in [2.45, 2.75) is 12.8 Å². The first-order valence-corrected chi connectivity index (χ1v) is 4.16. The molecule has 0 bridgehead atoms. The molecule has 0 aliphatic rings. The van der Waals surface area contributed by atoms with E-state index in [1.165, 1.54) is 5.56 Å². The van der Waals surface area contributed by atoms with Crippen molar-refractivity contribution in [3.8, 4) is 12.3 Å². The standard InChI is InChI=1S/C9H8BrN/c1-2-3-5-8-6-4-7-11-9(8)10/h1,4,6-7H,3,5H2. The maximum atomic E-state index is 5.14. The molecule has 1 nitrogen and oxygen atoms in total. The largest absolute Gasteiger partial charge is 0.249 e. The third-order valence-corrected chi connectivity index (χ3v) is 2.09. The molecule has 0 aromatic carbocycles. The summed E-state index contributed by atoms with van der Waals surface area (Å²) in [6.07, 6.45) is 8.56. The van der Waals surface area contributed by atoms with Crippen LogP contribution in [0.4, 0.5) is 0 Å². The molecule has 1 aromatic heterocycles. The monoisotopic (exact) mass is 209 g/mol. The molecule has 56 valence electrons. The summed E-state index contributed by atoms with van der Waals surface area (Å²) in [6.45, 7) is 0. The van der Waals surface area contributed by atoms with Gasteiger partial charge in [-0.3, -0.25) is 0 Å². The first-order chi connectivity index (χ1) is 5.34. The van der Waals surface area contributed by atoms with Crippen molar-refractivity contribution in [2.24, 2.45) is 0 Å². The number of aromatic nitrogens is 1. The van der Waals surface area contributed by atoms with Crippen LogP contribution in [0, 0.1) is 12.3 Å². The lowest BCUT2D eigenvalue weighted by Crippen LogP contribution is -1.87. The second-order valence-corrected chi connectivity index (χ2v) is 2.91. The van der Waals surface area contributed by atoms with E-state index in [9.17, 15) is 0 Å². The van der Waals surface area contributed by atoms with Gasteiger partial charge in [0, 0.05) is 12.6 Å². The molecule has 1 aromatic rings. The zero-order valence-corrected chi connectivity index (χ0v) is 7.63. The quantitative estimate of drug-likeness (QED) is 0.539. The first-order valence-electron chi connectivity index (χ1n) is 3.37. The Balaban J connectivity index is 2.71. The van der Waals surface area contributed by atoms with Gasteiger partial charge in [-0.25, -0.2) is 4.98 Å². The Morgan fingerprint density at radius 1 is 1.64 bits per heavy atom. The van der Waals surface area contributed by atoms with Crippen LogP contribution in [0.25, 0.3) is 0 Å². The van der Waals surface area contributed by atoms with E-state index in [4.69, 9.17) is 6.42 Å². The van der Waals surface area contributed by atoms with Gasteiger partial charge in [-0.2, -0.15) is 0 Å². The summed E-state index contributed by atoms with van der Waals surface area (Å²) in [4.78, 5) is 4.08. The van der Waals surface area contributed by atoms with Crippen LogP contribution in [0.5, 0.6) is 0 Å². The summed E-state index contributed by atoms with van der Waals surface area (Å²) in [6, 6.07) is 3.94. The van der Waals surface area contributed by atoms with Crippen molar-refractivity contribution in [2.75, 3.05) is 0 Å². The number of pyridine rings is 1. The van der Waals surface area contributed by atoms with Crippen molar-refractivity contribution >= 4 is 15.9 Å². The third kappa shape index (κ3) is 2.36. The van der Waals surface area contributed by atoms with Gasteiger partial charge in [-0.1, -0.05) is 6.07 Å². The lowest BCUT2D eigenvalue weighted by molar-refractivity contribution is 0.997. The van der Waals surface area contributed by atoms with Crippen LogP contribution < -0.4 is 0 Å². The van der Waals surface area contributed by atoms with Crippen molar-refractivity contribution in [3.05, 3.63) is 28.5 Å². The lowest BCUT2D eigenvalue weighted by atomic mass is 10.2. The molecule has 1 heterocycles. The van der Waals surface area contributed by atoms with Crippen LogP contribution >= 0.6 is 15.9 Å². The summed E-state index contributed by atoms with van der Waals surface area (Å²) in [5.41, 5.74) is 1.17. The molecular formula is C9H8BrN. The fourth-order valence-electron chi connectivity index (χ4n) is 0.813. The van der Waals surface area contributed by atoms with E-state index in [-0.39, 0.29) is 0 Å². The highest BCUT2D eigenvalue weighted by molar-refractivity contribution is 9.10. The van der Waals surface area contributed by atoms with E-state index in [2.05, 4.69) is 26.8 Å². The van der Waals surface area contributed by atoms with E-state index < -0.39 is 0 Å². The predicted octanol–water partition coefficient (Wildman–Crippen LogP) is 2.41.